The quantitative estimate of drug-likeness (QED) is 0.258. The lowest BCUT2D eigenvalue weighted by Crippen LogP contribution is -2.33. The first-order chi connectivity index (χ1) is 17.6. The predicted octanol–water partition coefficient (Wildman–Crippen LogP) is 5.88. The molecule has 3 aromatic rings. The van der Waals surface area contributed by atoms with Crippen LogP contribution in [0.2, 0.25) is 5.02 Å². The van der Waals surface area contributed by atoms with Crippen LogP contribution in [-0.2, 0) is 14.2 Å². The Morgan fingerprint density at radius 1 is 1.11 bits per heavy atom. The van der Waals surface area contributed by atoms with Crippen LogP contribution in [-0.4, -0.2) is 56.1 Å². The molecule has 0 radical (unpaired) electrons. The number of hydrogen-bond acceptors (Lipinski definition) is 7. The van der Waals surface area contributed by atoms with Gasteiger partial charge in [0.15, 0.2) is 0 Å². The summed E-state index contributed by atoms with van der Waals surface area (Å²) in [6.07, 6.45) is 1.79. The maximum atomic E-state index is 13.9. The van der Waals surface area contributed by atoms with Gasteiger partial charge in [0.2, 0.25) is 0 Å². The molecule has 1 amide bonds. The number of amides is 1. The highest BCUT2D eigenvalue weighted by Crippen LogP contribution is 2.33. The molecule has 0 aliphatic carbocycles. The van der Waals surface area contributed by atoms with Crippen LogP contribution in [0.4, 0.5) is 20.6 Å². The second-order valence-electron chi connectivity index (χ2n) is 9.20. The van der Waals surface area contributed by atoms with Crippen molar-refractivity contribution in [1.82, 2.24) is 10.3 Å². The van der Waals surface area contributed by atoms with E-state index in [9.17, 15) is 14.0 Å². The molecule has 0 aliphatic heterocycles. The zero-order valence-corrected chi connectivity index (χ0v) is 22.1. The number of rotatable bonds is 10. The van der Waals surface area contributed by atoms with Gasteiger partial charge in [-0.05, 0) is 69.7 Å². The highest BCUT2D eigenvalue weighted by atomic mass is 35.5. The van der Waals surface area contributed by atoms with Gasteiger partial charge in [-0.3, -0.25) is 4.98 Å². The molecule has 0 saturated carbocycles. The van der Waals surface area contributed by atoms with Gasteiger partial charge >= 0.3 is 12.1 Å². The lowest BCUT2D eigenvalue weighted by atomic mass is 10.1. The Kier molecular flexibility index (Phi) is 9.66. The van der Waals surface area contributed by atoms with E-state index in [1.807, 2.05) is 11.0 Å². The summed E-state index contributed by atoms with van der Waals surface area (Å²) >= 11 is 6.08. The van der Waals surface area contributed by atoms with E-state index in [0.717, 1.165) is 5.69 Å². The van der Waals surface area contributed by atoms with Crippen molar-refractivity contribution in [1.29, 1.82) is 0 Å². The van der Waals surface area contributed by atoms with Crippen LogP contribution in [0, 0.1) is 5.82 Å². The normalized spacial score (nSPS) is 11.3. The molecular formula is C27H31ClFN3O5. The molecule has 0 aliphatic rings. The zero-order chi connectivity index (χ0) is 27.0. The Bertz CT molecular complexity index is 1250. The average Bonchev–Trinajstić information content (AvgIpc) is 2.85. The van der Waals surface area contributed by atoms with E-state index in [4.69, 9.17) is 25.8 Å². The van der Waals surface area contributed by atoms with E-state index in [-0.39, 0.29) is 5.02 Å². The fourth-order valence-electron chi connectivity index (χ4n) is 3.59. The fraction of sp³-hybridized carbons (Fsp3) is 0.370. The van der Waals surface area contributed by atoms with Crippen LogP contribution in [0.3, 0.4) is 0 Å². The summed E-state index contributed by atoms with van der Waals surface area (Å²) in [5, 5.41) is 3.40. The minimum absolute atomic E-state index is 0.00903. The van der Waals surface area contributed by atoms with Crippen LogP contribution in [0.25, 0.3) is 10.9 Å². The van der Waals surface area contributed by atoms with Crippen molar-refractivity contribution in [3.05, 3.63) is 65.1 Å². The number of esters is 1. The fourth-order valence-corrected chi connectivity index (χ4v) is 3.77. The zero-order valence-electron chi connectivity index (χ0n) is 21.3. The van der Waals surface area contributed by atoms with Gasteiger partial charge in [0, 0.05) is 37.0 Å². The molecular weight excluding hydrogens is 501 g/mol. The molecule has 0 fully saturated rings. The third kappa shape index (κ3) is 8.03. The minimum Gasteiger partial charge on any atom is -0.465 e. The molecule has 1 N–H and O–H groups in total. The van der Waals surface area contributed by atoms with Crippen LogP contribution in [0.1, 0.15) is 37.6 Å². The number of anilines is 2. The maximum Gasteiger partial charge on any atom is 0.407 e. The molecule has 0 atom stereocenters. The molecule has 8 nitrogen and oxygen atoms in total. The van der Waals surface area contributed by atoms with Gasteiger partial charge in [0.1, 0.15) is 11.4 Å². The van der Waals surface area contributed by atoms with Gasteiger partial charge < -0.3 is 24.4 Å². The molecule has 2 aromatic carbocycles. The SMILES string of the molecule is COC(=O)c1ccc2nccc(N(CCOCCCNC(=O)OC(C)(C)C)c3ccc(F)c(Cl)c3)c2c1. The first-order valence-corrected chi connectivity index (χ1v) is 12.2. The Labute approximate surface area is 220 Å². The molecule has 37 heavy (non-hydrogen) atoms. The molecule has 1 aromatic heterocycles. The Hall–Kier alpha value is -3.43. The Morgan fingerprint density at radius 3 is 2.59 bits per heavy atom. The van der Waals surface area contributed by atoms with Crippen LogP contribution >= 0.6 is 11.6 Å². The molecule has 3 rings (SSSR count). The third-order valence-electron chi connectivity index (χ3n) is 5.24. The van der Waals surface area contributed by atoms with Crippen molar-refractivity contribution in [2.24, 2.45) is 0 Å². The summed E-state index contributed by atoms with van der Waals surface area (Å²) in [7, 11) is 1.32. The number of methoxy groups -OCH3 is 1. The lowest BCUT2D eigenvalue weighted by Gasteiger charge is -2.26. The minimum atomic E-state index is -0.554. The number of ether oxygens (including phenoxy) is 3. The van der Waals surface area contributed by atoms with Crippen molar-refractivity contribution >= 4 is 45.9 Å². The van der Waals surface area contributed by atoms with E-state index in [0.29, 0.717) is 54.9 Å². The first-order valence-electron chi connectivity index (χ1n) is 11.8. The lowest BCUT2D eigenvalue weighted by molar-refractivity contribution is 0.0519. The number of carbonyl (C=O) groups excluding carboxylic acids is 2. The number of hydrogen-bond donors (Lipinski definition) is 1. The van der Waals surface area contributed by atoms with Crippen LogP contribution in [0.5, 0.6) is 0 Å². The van der Waals surface area contributed by atoms with Crippen LogP contribution < -0.4 is 10.2 Å². The van der Waals surface area contributed by atoms with Gasteiger partial charge in [-0.15, -0.1) is 0 Å². The maximum absolute atomic E-state index is 13.9. The number of halogens is 2. The number of aromatic nitrogens is 1. The predicted molar refractivity (Wildman–Crippen MR) is 141 cm³/mol. The van der Waals surface area contributed by atoms with Crippen molar-refractivity contribution in [2.75, 3.05) is 38.3 Å². The number of fused-ring (bicyclic) bond motifs is 1. The van der Waals surface area contributed by atoms with Gasteiger partial charge in [-0.2, -0.15) is 0 Å². The summed E-state index contributed by atoms with van der Waals surface area (Å²) in [4.78, 5) is 30.2. The topological polar surface area (TPSA) is 90.0 Å². The monoisotopic (exact) mass is 531 g/mol. The van der Waals surface area contributed by atoms with Gasteiger partial charge in [0.05, 0.1) is 35.5 Å². The van der Waals surface area contributed by atoms with Gasteiger partial charge in [0.25, 0.3) is 0 Å². The Morgan fingerprint density at radius 2 is 1.89 bits per heavy atom. The van der Waals surface area contributed by atoms with Crippen molar-refractivity contribution in [3.63, 3.8) is 0 Å². The Balaban J connectivity index is 1.73. The van der Waals surface area contributed by atoms with Crippen molar-refractivity contribution in [3.8, 4) is 0 Å². The van der Waals surface area contributed by atoms with Crippen molar-refractivity contribution in [2.45, 2.75) is 32.8 Å². The van der Waals surface area contributed by atoms with Gasteiger partial charge in [-0.25, -0.2) is 14.0 Å². The second-order valence-corrected chi connectivity index (χ2v) is 9.61. The molecule has 1 heterocycles. The highest BCUT2D eigenvalue weighted by Gasteiger charge is 2.17. The number of carbonyl (C=O) groups is 2. The largest absolute Gasteiger partial charge is 0.465 e. The summed E-state index contributed by atoms with van der Waals surface area (Å²) in [6, 6.07) is 11.4. The molecule has 0 bridgehead atoms. The van der Waals surface area contributed by atoms with E-state index < -0.39 is 23.5 Å². The summed E-state index contributed by atoms with van der Waals surface area (Å²) in [6.45, 7) is 6.98. The number of nitrogens with zero attached hydrogens (tertiary/aromatic N) is 2. The van der Waals surface area contributed by atoms with Crippen molar-refractivity contribution < 1.29 is 28.2 Å². The second kappa shape index (κ2) is 12.7. The molecule has 198 valence electrons. The number of nitrogens with one attached hydrogen (secondary N) is 1. The first kappa shape index (κ1) is 28.1. The highest BCUT2D eigenvalue weighted by molar-refractivity contribution is 6.31. The summed E-state index contributed by atoms with van der Waals surface area (Å²) in [5.74, 6) is -0.983. The van der Waals surface area contributed by atoms with Crippen LogP contribution in [0.15, 0.2) is 48.7 Å². The average molecular weight is 532 g/mol. The summed E-state index contributed by atoms with van der Waals surface area (Å²) < 4.78 is 29.8. The molecule has 0 saturated heterocycles. The molecule has 0 spiro atoms. The number of pyridine rings is 1. The van der Waals surface area contributed by atoms with E-state index in [2.05, 4.69) is 10.3 Å². The number of benzene rings is 2. The van der Waals surface area contributed by atoms with E-state index in [1.54, 1.807) is 51.2 Å². The third-order valence-corrected chi connectivity index (χ3v) is 5.53. The standard InChI is InChI=1S/C27H31ClFN3O5/c1-27(2,3)37-26(34)31-11-5-14-36-15-13-32(19-7-8-22(29)21(28)17-19)24-10-12-30-23-9-6-18(16-20(23)24)25(33)35-4/h6-10,12,16-17H,5,11,13-15H2,1-4H3,(H,31,34). The smallest absolute Gasteiger partial charge is 0.407 e. The van der Waals surface area contributed by atoms with E-state index in [1.165, 1.54) is 19.2 Å². The molecule has 0 unspecified atom stereocenters. The summed E-state index contributed by atoms with van der Waals surface area (Å²) in [5.41, 5.74) is 1.90. The van der Waals surface area contributed by atoms with E-state index >= 15 is 0 Å². The van der Waals surface area contributed by atoms with Gasteiger partial charge in [-0.1, -0.05) is 11.6 Å². The molecule has 10 heteroatoms. The number of alkyl carbamates (subject to hydrolysis) is 1.